The van der Waals surface area contributed by atoms with E-state index in [9.17, 15) is 4.79 Å². The van der Waals surface area contributed by atoms with Crippen LogP contribution in [0.5, 0.6) is 0 Å². The number of rotatable bonds is 3. The highest BCUT2D eigenvalue weighted by Gasteiger charge is 2.28. The summed E-state index contributed by atoms with van der Waals surface area (Å²) in [5.41, 5.74) is 1.15. The van der Waals surface area contributed by atoms with Gasteiger partial charge in [0.05, 0.1) is 17.6 Å². The van der Waals surface area contributed by atoms with Gasteiger partial charge in [0, 0.05) is 29.5 Å². The molecular formula is C18H20N4O. The van der Waals surface area contributed by atoms with Crippen LogP contribution in [0.15, 0.2) is 48.9 Å². The molecule has 0 radical (unpaired) electrons. The zero-order valence-electron chi connectivity index (χ0n) is 13.6. The third-order valence-corrected chi connectivity index (χ3v) is 3.76. The van der Waals surface area contributed by atoms with Gasteiger partial charge in [0.15, 0.2) is 0 Å². The average Bonchev–Trinajstić information content (AvgIpc) is 3.03. The third kappa shape index (κ3) is 3.23. The summed E-state index contributed by atoms with van der Waals surface area (Å²) in [7, 11) is 0. The Bertz CT molecular complexity index is 818. The second-order valence-electron chi connectivity index (χ2n) is 6.51. The maximum absolute atomic E-state index is 13.0. The second kappa shape index (κ2) is 5.83. The molecule has 0 atom stereocenters. The van der Waals surface area contributed by atoms with Crippen molar-refractivity contribution >= 4 is 16.8 Å². The maximum atomic E-state index is 13.0. The van der Waals surface area contributed by atoms with E-state index >= 15 is 0 Å². The van der Waals surface area contributed by atoms with Crippen LogP contribution in [0.3, 0.4) is 0 Å². The molecule has 0 aliphatic carbocycles. The Morgan fingerprint density at radius 3 is 2.70 bits per heavy atom. The minimum Gasteiger partial charge on any atom is -0.347 e. The number of aromatic amines is 1. The number of imidazole rings is 1. The van der Waals surface area contributed by atoms with Crippen molar-refractivity contribution in [3.63, 3.8) is 0 Å². The number of pyridine rings is 1. The highest BCUT2D eigenvalue weighted by atomic mass is 16.2. The largest absolute Gasteiger partial charge is 0.347 e. The lowest BCUT2D eigenvalue weighted by Crippen LogP contribution is -2.45. The Morgan fingerprint density at radius 2 is 2.00 bits per heavy atom. The molecule has 1 aromatic carbocycles. The van der Waals surface area contributed by atoms with Crippen LogP contribution >= 0.6 is 0 Å². The molecule has 23 heavy (non-hydrogen) atoms. The lowest BCUT2D eigenvalue weighted by molar-refractivity contribution is 0.0551. The molecule has 1 N–H and O–H groups in total. The summed E-state index contributed by atoms with van der Waals surface area (Å²) in [4.78, 5) is 26.5. The van der Waals surface area contributed by atoms with Crippen molar-refractivity contribution in [3.05, 3.63) is 60.3 Å². The fourth-order valence-electron chi connectivity index (χ4n) is 2.49. The zero-order valence-corrected chi connectivity index (χ0v) is 13.6. The highest BCUT2D eigenvalue weighted by Crippen LogP contribution is 2.21. The first kappa shape index (κ1) is 15.2. The number of fused-ring (bicyclic) bond motifs is 1. The second-order valence-corrected chi connectivity index (χ2v) is 6.51. The van der Waals surface area contributed by atoms with Crippen LogP contribution < -0.4 is 0 Å². The Hall–Kier alpha value is -2.69. The molecule has 1 amide bonds. The van der Waals surface area contributed by atoms with Gasteiger partial charge in [-0.05, 0) is 32.9 Å². The smallest absolute Gasteiger partial charge is 0.256 e. The van der Waals surface area contributed by atoms with Gasteiger partial charge in [-0.2, -0.15) is 0 Å². The predicted molar refractivity (Wildman–Crippen MR) is 90.0 cm³/mol. The summed E-state index contributed by atoms with van der Waals surface area (Å²) in [6, 6.07) is 9.68. The molecule has 0 bridgehead atoms. The van der Waals surface area contributed by atoms with Crippen molar-refractivity contribution in [1.29, 1.82) is 0 Å². The van der Waals surface area contributed by atoms with E-state index in [4.69, 9.17) is 0 Å². The summed E-state index contributed by atoms with van der Waals surface area (Å²) in [6.45, 7) is 6.48. The Labute approximate surface area is 135 Å². The number of nitrogens with zero attached hydrogens (tertiary/aromatic N) is 3. The Kier molecular flexibility index (Phi) is 3.86. The first-order valence-corrected chi connectivity index (χ1v) is 7.60. The monoisotopic (exact) mass is 308 g/mol. The summed E-state index contributed by atoms with van der Waals surface area (Å²) < 4.78 is 0. The van der Waals surface area contributed by atoms with Gasteiger partial charge in [-0.3, -0.25) is 9.78 Å². The summed E-state index contributed by atoms with van der Waals surface area (Å²) in [6.07, 6.45) is 5.10. The Morgan fingerprint density at radius 1 is 1.22 bits per heavy atom. The van der Waals surface area contributed by atoms with Crippen molar-refractivity contribution in [2.24, 2.45) is 0 Å². The number of para-hydroxylation sites is 1. The SMILES string of the molecule is CC(C)(C)N(Cc1ncc[nH]1)C(=O)c1cnc2ccccc2c1. The van der Waals surface area contributed by atoms with Crippen molar-refractivity contribution in [2.75, 3.05) is 0 Å². The standard InChI is InChI=1S/C18H20N4O/c1-18(2,3)22(12-16-19-8-9-20-16)17(23)14-10-13-6-4-5-7-15(13)21-11-14/h4-11H,12H2,1-3H3,(H,19,20). The molecule has 3 rings (SSSR count). The van der Waals surface area contributed by atoms with Crippen molar-refractivity contribution in [3.8, 4) is 0 Å². The molecule has 0 spiro atoms. The van der Waals surface area contributed by atoms with Crippen molar-refractivity contribution in [2.45, 2.75) is 32.9 Å². The molecule has 3 aromatic rings. The van der Waals surface area contributed by atoms with Crippen LogP contribution in [0.1, 0.15) is 37.0 Å². The third-order valence-electron chi connectivity index (χ3n) is 3.76. The van der Waals surface area contributed by atoms with E-state index in [2.05, 4.69) is 15.0 Å². The molecule has 0 unspecified atom stereocenters. The van der Waals surface area contributed by atoms with Crippen LogP contribution in [-0.4, -0.2) is 31.3 Å². The molecule has 2 aromatic heterocycles. The number of benzene rings is 1. The van der Waals surface area contributed by atoms with E-state index in [-0.39, 0.29) is 11.4 Å². The van der Waals surface area contributed by atoms with Gasteiger partial charge in [-0.25, -0.2) is 4.98 Å². The molecule has 118 valence electrons. The normalized spacial score (nSPS) is 11.6. The molecule has 0 saturated heterocycles. The molecule has 5 nitrogen and oxygen atoms in total. The topological polar surface area (TPSA) is 61.9 Å². The Balaban J connectivity index is 1.95. The molecular weight excluding hydrogens is 288 g/mol. The van der Waals surface area contributed by atoms with E-state index in [0.717, 1.165) is 16.7 Å². The minimum atomic E-state index is -0.324. The van der Waals surface area contributed by atoms with Gasteiger partial charge in [0.25, 0.3) is 5.91 Å². The lowest BCUT2D eigenvalue weighted by Gasteiger charge is -2.35. The minimum absolute atomic E-state index is 0.0489. The number of carbonyl (C=O) groups excluding carboxylic acids is 1. The van der Waals surface area contributed by atoms with Crippen LogP contribution in [0.2, 0.25) is 0 Å². The number of H-pyrrole nitrogens is 1. The van der Waals surface area contributed by atoms with E-state index < -0.39 is 0 Å². The lowest BCUT2D eigenvalue weighted by atomic mass is 10.0. The van der Waals surface area contributed by atoms with E-state index in [0.29, 0.717) is 12.1 Å². The fraction of sp³-hybridized carbons (Fsp3) is 0.278. The van der Waals surface area contributed by atoms with Gasteiger partial charge >= 0.3 is 0 Å². The van der Waals surface area contributed by atoms with Crippen LogP contribution in [-0.2, 0) is 6.54 Å². The van der Waals surface area contributed by atoms with Crippen LogP contribution in [0, 0.1) is 0 Å². The number of hydrogen-bond acceptors (Lipinski definition) is 3. The summed E-state index contributed by atoms with van der Waals surface area (Å²) in [5, 5.41) is 0.963. The highest BCUT2D eigenvalue weighted by molar-refractivity contribution is 5.97. The van der Waals surface area contributed by atoms with E-state index in [1.807, 2.05) is 51.1 Å². The van der Waals surface area contributed by atoms with Gasteiger partial charge in [0.2, 0.25) is 0 Å². The molecule has 0 saturated carbocycles. The van der Waals surface area contributed by atoms with Crippen molar-refractivity contribution in [1.82, 2.24) is 19.9 Å². The van der Waals surface area contributed by atoms with Crippen LogP contribution in [0.25, 0.3) is 10.9 Å². The molecule has 0 aliphatic heterocycles. The average molecular weight is 308 g/mol. The van der Waals surface area contributed by atoms with Crippen molar-refractivity contribution < 1.29 is 4.79 Å². The molecule has 0 aliphatic rings. The molecule has 5 heteroatoms. The first-order chi connectivity index (χ1) is 10.9. The van der Waals surface area contributed by atoms with Gasteiger partial charge in [-0.1, -0.05) is 18.2 Å². The summed E-state index contributed by atoms with van der Waals surface area (Å²) >= 11 is 0. The number of amides is 1. The zero-order chi connectivity index (χ0) is 16.4. The molecule has 0 fully saturated rings. The number of carbonyl (C=O) groups is 1. The quantitative estimate of drug-likeness (QED) is 0.806. The van der Waals surface area contributed by atoms with Crippen LogP contribution in [0.4, 0.5) is 0 Å². The number of hydrogen-bond donors (Lipinski definition) is 1. The maximum Gasteiger partial charge on any atom is 0.256 e. The van der Waals surface area contributed by atoms with Gasteiger partial charge < -0.3 is 9.88 Å². The first-order valence-electron chi connectivity index (χ1n) is 7.60. The van der Waals surface area contributed by atoms with E-state index in [1.54, 1.807) is 23.5 Å². The number of nitrogens with one attached hydrogen (secondary N) is 1. The number of aromatic nitrogens is 3. The fourth-order valence-corrected chi connectivity index (χ4v) is 2.49. The van der Waals surface area contributed by atoms with E-state index in [1.165, 1.54) is 0 Å². The van der Waals surface area contributed by atoms with Gasteiger partial charge in [0.1, 0.15) is 5.82 Å². The van der Waals surface area contributed by atoms with Gasteiger partial charge in [-0.15, -0.1) is 0 Å². The summed E-state index contributed by atoms with van der Waals surface area (Å²) in [5.74, 6) is 0.717. The predicted octanol–water partition coefficient (Wildman–Crippen LogP) is 3.40. The molecule has 2 heterocycles.